The maximum absolute atomic E-state index is 11.2. The number of carboxylic acids is 1. The van der Waals surface area contributed by atoms with Gasteiger partial charge in [-0.15, -0.1) is 5.10 Å². The third-order valence-electron chi connectivity index (χ3n) is 2.90. The molecule has 100 valence electrons. The fraction of sp³-hybridized carbons (Fsp3) is 0.583. The highest BCUT2D eigenvalue weighted by Gasteiger charge is 2.21. The molecule has 18 heavy (non-hydrogen) atoms. The molecule has 0 saturated carbocycles. The molecule has 6 heteroatoms. The fourth-order valence-corrected chi connectivity index (χ4v) is 1.36. The zero-order chi connectivity index (χ0) is 13.9. The molecule has 1 aromatic heterocycles. The quantitative estimate of drug-likeness (QED) is 0.829. The van der Waals surface area contributed by atoms with Crippen molar-refractivity contribution in [2.24, 2.45) is 0 Å². The summed E-state index contributed by atoms with van der Waals surface area (Å²) >= 11 is 0. The van der Waals surface area contributed by atoms with Crippen LogP contribution in [-0.2, 0) is 4.74 Å². The van der Waals surface area contributed by atoms with Crippen LogP contribution in [0, 0.1) is 13.8 Å². The fourth-order valence-electron chi connectivity index (χ4n) is 1.36. The monoisotopic (exact) mass is 253 g/mol. The van der Waals surface area contributed by atoms with Crippen LogP contribution < -0.4 is 5.32 Å². The number of ether oxygens (including phenoxy) is 1. The van der Waals surface area contributed by atoms with E-state index in [1.54, 1.807) is 21.0 Å². The summed E-state index contributed by atoms with van der Waals surface area (Å²) in [6.07, 6.45) is 0. The van der Waals surface area contributed by atoms with Crippen molar-refractivity contribution < 1.29 is 14.6 Å². The number of nitrogens with one attached hydrogen (secondary N) is 1. The van der Waals surface area contributed by atoms with E-state index < -0.39 is 11.6 Å². The Morgan fingerprint density at radius 2 is 2.00 bits per heavy atom. The van der Waals surface area contributed by atoms with Gasteiger partial charge in [0.1, 0.15) is 5.56 Å². The third kappa shape index (κ3) is 3.16. The lowest BCUT2D eigenvalue weighted by atomic mass is 10.1. The van der Waals surface area contributed by atoms with Crippen molar-refractivity contribution in [2.75, 3.05) is 19.0 Å². The number of aryl methyl sites for hydroxylation is 1. The largest absolute Gasteiger partial charge is 0.478 e. The van der Waals surface area contributed by atoms with E-state index in [0.29, 0.717) is 17.8 Å². The summed E-state index contributed by atoms with van der Waals surface area (Å²) < 4.78 is 5.26. The first-order valence-electron chi connectivity index (χ1n) is 5.64. The van der Waals surface area contributed by atoms with Gasteiger partial charge in [-0.25, -0.2) is 4.79 Å². The molecule has 0 amide bonds. The number of hydrogen-bond donors (Lipinski definition) is 2. The molecule has 0 bridgehead atoms. The van der Waals surface area contributed by atoms with Crippen molar-refractivity contribution in [3.8, 4) is 0 Å². The molecule has 0 aliphatic heterocycles. The van der Waals surface area contributed by atoms with Crippen LogP contribution in [0.5, 0.6) is 0 Å². The summed E-state index contributed by atoms with van der Waals surface area (Å²) in [6, 6.07) is 0. The normalized spacial score (nSPS) is 11.4. The Labute approximate surface area is 106 Å². The average Bonchev–Trinajstić information content (AvgIpc) is 2.30. The van der Waals surface area contributed by atoms with Gasteiger partial charge in [0, 0.05) is 13.7 Å². The predicted molar refractivity (Wildman–Crippen MR) is 68.0 cm³/mol. The zero-order valence-electron chi connectivity index (χ0n) is 11.4. The summed E-state index contributed by atoms with van der Waals surface area (Å²) in [7, 11) is 1.60. The SMILES string of the molecule is COC(C)(C)CNc1nnc(C)c(C)c1C(=O)O. The number of rotatable bonds is 5. The van der Waals surface area contributed by atoms with E-state index in [-0.39, 0.29) is 11.4 Å². The van der Waals surface area contributed by atoms with Gasteiger partial charge in [0.05, 0.1) is 11.3 Å². The molecule has 0 spiro atoms. The number of hydrogen-bond acceptors (Lipinski definition) is 5. The van der Waals surface area contributed by atoms with Gasteiger partial charge in [-0.2, -0.15) is 5.10 Å². The molecule has 0 saturated heterocycles. The minimum Gasteiger partial charge on any atom is -0.478 e. The van der Waals surface area contributed by atoms with Crippen molar-refractivity contribution in [3.05, 3.63) is 16.8 Å². The maximum atomic E-state index is 11.2. The summed E-state index contributed by atoms with van der Waals surface area (Å²) in [6.45, 7) is 7.70. The lowest BCUT2D eigenvalue weighted by Gasteiger charge is -2.24. The van der Waals surface area contributed by atoms with E-state index in [0.717, 1.165) is 0 Å². The molecule has 0 aromatic carbocycles. The Balaban J connectivity index is 3.03. The van der Waals surface area contributed by atoms with Gasteiger partial charge in [0.2, 0.25) is 0 Å². The van der Waals surface area contributed by atoms with Crippen molar-refractivity contribution >= 4 is 11.8 Å². The van der Waals surface area contributed by atoms with Crippen LogP contribution in [0.25, 0.3) is 0 Å². The molecule has 0 aliphatic carbocycles. The zero-order valence-corrected chi connectivity index (χ0v) is 11.4. The Morgan fingerprint density at radius 1 is 1.39 bits per heavy atom. The second-order valence-electron chi connectivity index (χ2n) is 4.76. The van der Waals surface area contributed by atoms with Gasteiger partial charge in [-0.05, 0) is 33.3 Å². The van der Waals surface area contributed by atoms with Crippen molar-refractivity contribution in [1.82, 2.24) is 10.2 Å². The topological polar surface area (TPSA) is 84.3 Å². The Kier molecular flexibility index (Phi) is 4.24. The van der Waals surface area contributed by atoms with Crippen LogP contribution in [0.3, 0.4) is 0 Å². The second kappa shape index (κ2) is 5.30. The van der Waals surface area contributed by atoms with Gasteiger partial charge >= 0.3 is 5.97 Å². The number of carboxylic acid groups (broad SMARTS) is 1. The highest BCUT2D eigenvalue weighted by Crippen LogP contribution is 2.19. The van der Waals surface area contributed by atoms with Crippen molar-refractivity contribution in [1.29, 1.82) is 0 Å². The standard InChI is InChI=1S/C12H19N3O3/c1-7-8(2)14-15-10(9(7)11(16)17)13-6-12(3,4)18-5/h6H2,1-5H3,(H,13,15)(H,16,17). The van der Waals surface area contributed by atoms with Crippen LogP contribution >= 0.6 is 0 Å². The lowest BCUT2D eigenvalue weighted by Crippen LogP contribution is -2.33. The van der Waals surface area contributed by atoms with Crippen LogP contribution in [0.15, 0.2) is 0 Å². The number of nitrogens with zero attached hydrogens (tertiary/aromatic N) is 2. The third-order valence-corrected chi connectivity index (χ3v) is 2.90. The highest BCUT2D eigenvalue weighted by molar-refractivity contribution is 5.94. The molecule has 2 N–H and O–H groups in total. The number of aromatic nitrogens is 2. The number of methoxy groups -OCH3 is 1. The van der Waals surface area contributed by atoms with Gasteiger partial charge in [0.15, 0.2) is 5.82 Å². The molecule has 1 heterocycles. The molecule has 6 nitrogen and oxygen atoms in total. The predicted octanol–water partition coefficient (Wildman–Crippen LogP) is 1.63. The minimum atomic E-state index is -1.01. The molecule has 0 atom stereocenters. The first kappa shape index (κ1) is 14.4. The van der Waals surface area contributed by atoms with Crippen molar-refractivity contribution in [2.45, 2.75) is 33.3 Å². The van der Waals surface area contributed by atoms with Gasteiger partial charge in [-0.1, -0.05) is 0 Å². The minimum absolute atomic E-state index is 0.161. The van der Waals surface area contributed by atoms with Gasteiger partial charge in [-0.3, -0.25) is 0 Å². The molecule has 1 rings (SSSR count). The summed E-state index contributed by atoms with van der Waals surface area (Å²) in [5, 5.41) is 20.0. The van der Waals surface area contributed by atoms with Gasteiger partial charge < -0.3 is 15.2 Å². The lowest BCUT2D eigenvalue weighted by molar-refractivity contribution is 0.0342. The summed E-state index contributed by atoms with van der Waals surface area (Å²) in [5.74, 6) is -0.737. The Morgan fingerprint density at radius 3 is 2.50 bits per heavy atom. The first-order valence-corrected chi connectivity index (χ1v) is 5.64. The van der Waals surface area contributed by atoms with E-state index in [9.17, 15) is 9.90 Å². The first-order chi connectivity index (χ1) is 8.28. The number of anilines is 1. The molecule has 0 fully saturated rings. The second-order valence-corrected chi connectivity index (χ2v) is 4.76. The van der Waals surface area contributed by atoms with Crippen LogP contribution in [0.4, 0.5) is 5.82 Å². The van der Waals surface area contributed by atoms with Crippen LogP contribution in [-0.4, -0.2) is 40.5 Å². The molecular weight excluding hydrogens is 234 g/mol. The number of carbonyl (C=O) groups is 1. The Bertz CT molecular complexity index is 458. The van der Waals surface area contributed by atoms with Crippen molar-refractivity contribution in [3.63, 3.8) is 0 Å². The highest BCUT2D eigenvalue weighted by atomic mass is 16.5. The summed E-state index contributed by atoms with van der Waals surface area (Å²) in [5.41, 5.74) is 0.990. The number of aromatic carboxylic acids is 1. The van der Waals surface area contributed by atoms with Crippen LogP contribution in [0.2, 0.25) is 0 Å². The van der Waals surface area contributed by atoms with E-state index in [1.165, 1.54) is 0 Å². The maximum Gasteiger partial charge on any atom is 0.339 e. The molecule has 1 aromatic rings. The molecular formula is C12H19N3O3. The van der Waals surface area contributed by atoms with Crippen LogP contribution in [0.1, 0.15) is 35.5 Å². The molecule has 0 aliphatic rings. The smallest absolute Gasteiger partial charge is 0.339 e. The van der Waals surface area contributed by atoms with E-state index in [2.05, 4.69) is 15.5 Å². The van der Waals surface area contributed by atoms with E-state index in [4.69, 9.17) is 4.74 Å². The molecule has 0 radical (unpaired) electrons. The molecule has 0 unspecified atom stereocenters. The van der Waals surface area contributed by atoms with E-state index in [1.807, 2.05) is 13.8 Å². The van der Waals surface area contributed by atoms with Gasteiger partial charge in [0.25, 0.3) is 0 Å². The Hall–Kier alpha value is -1.69. The summed E-state index contributed by atoms with van der Waals surface area (Å²) in [4.78, 5) is 11.2. The van der Waals surface area contributed by atoms with E-state index >= 15 is 0 Å². The average molecular weight is 253 g/mol.